The van der Waals surface area contributed by atoms with Crippen LogP contribution in [0.5, 0.6) is 0 Å². The summed E-state index contributed by atoms with van der Waals surface area (Å²) in [5.41, 5.74) is 2.51. The molecule has 1 aromatic heterocycles. The second-order valence-corrected chi connectivity index (χ2v) is 7.99. The molecule has 30 heavy (non-hydrogen) atoms. The average molecular weight is 413 g/mol. The average Bonchev–Trinajstić information content (AvgIpc) is 3.38. The van der Waals surface area contributed by atoms with Gasteiger partial charge in [-0.2, -0.15) is 0 Å². The molecule has 2 aromatic rings. The van der Waals surface area contributed by atoms with Crippen LogP contribution in [0.4, 0.5) is 0 Å². The van der Waals surface area contributed by atoms with Crippen LogP contribution in [0.25, 0.3) is 0 Å². The van der Waals surface area contributed by atoms with Crippen molar-refractivity contribution < 1.29 is 19.1 Å². The third kappa shape index (κ3) is 5.11. The molecule has 0 saturated carbocycles. The van der Waals surface area contributed by atoms with Gasteiger partial charge in [-0.3, -0.25) is 9.69 Å². The number of benzene rings is 1. The number of carboxylic acids is 1. The molecule has 1 unspecified atom stereocenters. The Balaban J connectivity index is 1.62. The highest BCUT2D eigenvalue weighted by Crippen LogP contribution is 2.25. The summed E-state index contributed by atoms with van der Waals surface area (Å²) in [6.45, 7) is 10.5. The Hall–Kier alpha value is -2.60. The first-order chi connectivity index (χ1) is 14.4. The highest BCUT2D eigenvalue weighted by Gasteiger charge is 2.29. The highest BCUT2D eigenvalue weighted by molar-refractivity contribution is 5.92. The van der Waals surface area contributed by atoms with Crippen molar-refractivity contribution in [1.29, 1.82) is 0 Å². The van der Waals surface area contributed by atoms with E-state index in [1.807, 2.05) is 23.1 Å². The van der Waals surface area contributed by atoms with Gasteiger partial charge >= 0.3 is 5.97 Å². The van der Waals surface area contributed by atoms with Gasteiger partial charge in [0, 0.05) is 31.6 Å². The van der Waals surface area contributed by atoms with Crippen molar-refractivity contribution in [2.24, 2.45) is 5.92 Å². The zero-order chi connectivity index (χ0) is 21.7. The highest BCUT2D eigenvalue weighted by atomic mass is 16.4. The maximum absolute atomic E-state index is 13.0. The van der Waals surface area contributed by atoms with Gasteiger partial charge in [0.15, 0.2) is 5.76 Å². The van der Waals surface area contributed by atoms with Crippen molar-refractivity contribution in [3.63, 3.8) is 0 Å². The van der Waals surface area contributed by atoms with Crippen molar-refractivity contribution in [1.82, 2.24) is 9.80 Å². The van der Waals surface area contributed by atoms with Crippen LogP contribution in [-0.2, 0) is 19.4 Å². The minimum atomic E-state index is -0.913. The molecular formula is C24H32N2O4. The third-order valence-electron chi connectivity index (χ3n) is 6.02. The molecule has 1 atom stereocenters. The van der Waals surface area contributed by atoms with Crippen molar-refractivity contribution in [2.45, 2.75) is 46.6 Å². The van der Waals surface area contributed by atoms with Gasteiger partial charge in [-0.25, -0.2) is 4.79 Å². The number of carboxylic acid groups (broad SMARTS) is 1. The standard InChI is InChI=1S/C24H32N2O4/c1-4-21-20(16-25(5-2)6-3)14-22(30-21)23(27)26-12-11-18(15-26)13-17-7-9-19(10-8-17)24(28)29/h7-10,14,18H,4-6,11-13,15-16H2,1-3H3,(H,28,29). The quantitative estimate of drug-likeness (QED) is 0.672. The first-order valence-electron chi connectivity index (χ1n) is 10.9. The summed E-state index contributed by atoms with van der Waals surface area (Å²) < 4.78 is 5.94. The fourth-order valence-corrected chi connectivity index (χ4v) is 4.15. The Morgan fingerprint density at radius 1 is 1.17 bits per heavy atom. The zero-order valence-corrected chi connectivity index (χ0v) is 18.2. The molecule has 1 aromatic carbocycles. The number of likely N-dealkylation sites (tertiary alicyclic amines) is 1. The fraction of sp³-hybridized carbons (Fsp3) is 0.500. The number of nitrogens with zero attached hydrogens (tertiary/aromatic N) is 2. The fourth-order valence-electron chi connectivity index (χ4n) is 4.15. The summed E-state index contributed by atoms with van der Waals surface area (Å²) in [7, 11) is 0. The number of rotatable bonds is 9. The molecule has 1 aliphatic heterocycles. The van der Waals surface area contributed by atoms with E-state index in [9.17, 15) is 9.59 Å². The largest absolute Gasteiger partial charge is 0.478 e. The molecule has 1 N–H and O–H groups in total. The van der Waals surface area contributed by atoms with Gasteiger partial charge in [0.2, 0.25) is 0 Å². The molecule has 1 saturated heterocycles. The molecule has 3 rings (SSSR count). The molecule has 1 aliphatic rings. The Morgan fingerprint density at radius 3 is 2.47 bits per heavy atom. The van der Waals surface area contributed by atoms with E-state index in [0.717, 1.165) is 62.3 Å². The van der Waals surface area contributed by atoms with Gasteiger partial charge < -0.3 is 14.4 Å². The lowest BCUT2D eigenvalue weighted by molar-refractivity contribution is 0.0695. The monoisotopic (exact) mass is 412 g/mol. The van der Waals surface area contributed by atoms with Crippen LogP contribution in [-0.4, -0.2) is 53.0 Å². The maximum Gasteiger partial charge on any atom is 0.335 e. The van der Waals surface area contributed by atoms with E-state index in [-0.39, 0.29) is 5.91 Å². The molecule has 0 spiro atoms. The van der Waals surface area contributed by atoms with Crippen molar-refractivity contribution in [3.05, 3.63) is 58.5 Å². The van der Waals surface area contributed by atoms with E-state index in [1.165, 1.54) is 0 Å². The van der Waals surface area contributed by atoms with Crippen molar-refractivity contribution in [3.8, 4) is 0 Å². The Labute approximate surface area is 178 Å². The molecular weight excluding hydrogens is 380 g/mol. The normalized spacial score (nSPS) is 16.4. The summed E-state index contributed by atoms with van der Waals surface area (Å²) in [4.78, 5) is 28.2. The SMILES string of the molecule is CCc1oc(C(=O)N2CCC(Cc3ccc(C(=O)O)cc3)C2)cc1CN(CC)CC. The number of amides is 1. The predicted molar refractivity (Wildman–Crippen MR) is 116 cm³/mol. The molecule has 0 aliphatic carbocycles. The molecule has 1 amide bonds. The van der Waals surface area contributed by atoms with Crippen LogP contribution >= 0.6 is 0 Å². The molecule has 6 nitrogen and oxygen atoms in total. The molecule has 162 valence electrons. The summed E-state index contributed by atoms with van der Waals surface area (Å²) in [6.07, 6.45) is 2.56. The molecule has 2 heterocycles. The van der Waals surface area contributed by atoms with E-state index in [4.69, 9.17) is 9.52 Å². The van der Waals surface area contributed by atoms with Gasteiger partial charge in [0.25, 0.3) is 5.91 Å². The van der Waals surface area contributed by atoms with Crippen LogP contribution in [0.15, 0.2) is 34.7 Å². The topological polar surface area (TPSA) is 74.0 Å². The summed E-state index contributed by atoms with van der Waals surface area (Å²) in [5, 5.41) is 9.02. The van der Waals surface area contributed by atoms with Gasteiger partial charge in [-0.05, 0) is 55.6 Å². The van der Waals surface area contributed by atoms with Crippen LogP contribution in [0.2, 0.25) is 0 Å². The molecule has 0 bridgehead atoms. The second-order valence-electron chi connectivity index (χ2n) is 7.99. The number of furan rings is 1. The number of aryl methyl sites for hydroxylation is 1. The Morgan fingerprint density at radius 2 is 1.87 bits per heavy atom. The lowest BCUT2D eigenvalue weighted by Gasteiger charge is -2.17. The summed E-state index contributed by atoms with van der Waals surface area (Å²) in [5.74, 6) is 0.782. The summed E-state index contributed by atoms with van der Waals surface area (Å²) >= 11 is 0. The van der Waals surface area contributed by atoms with Gasteiger partial charge in [-0.15, -0.1) is 0 Å². The first kappa shape index (κ1) is 22.1. The van der Waals surface area contributed by atoms with E-state index in [1.54, 1.807) is 12.1 Å². The number of hydrogen-bond donors (Lipinski definition) is 1. The summed E-state index contributed by atoms with van der Waals surface area (Å²) in [6, 6.07) is 8.95. The van der Waals surface area contributed by atoms with Crippen LogP contribution in [0.1, 0.15) is 65.0 Å². The van der Waals surface area contributed by atoms with Gasteiger partial charge in [0.1, 0.15) is 5.76 Å². The van der Waals surface area contributed by atoms with E-state index < -0.39 is 5.97 Å². The first-order valence-corrected chi connectivity index (χ1v) is 10.9. The third-order valence-corrected chi connectivity index (χ3v) is 6.02. The number of aromatic carboxylic acids is 1. The van der Waals surface area contributed by atoms with Gasteiger partial charge in [0.05, 0.1) is 5.56 Å². The zero-order valence-electron chi connectivity index (χ0n) is 18.2. The van der Waals surface area contributed by atoms with E-state index in [0.29, 0.717) is 23.8 Å². The molecule has 1 fully saturated rings. The van der Waals surface area contributed by atoms with Crippen LogP contribution in [0, 0.1) is 5.92 Å². The van der Waals surface area contributed by atoms with Crippen LogP contribution in [0.3, 0.4) is 0 Å². The lowest BCUT2D eigenvalue weighted by Crippen LogP contribution is -2.28. The Kier molecular flexibility index (Phi) is 7.32. The predicted octanol–water partition coefficient (Wildman–Crippen LogP) is 4.09. The number of carbonyl (C=O) groups excluding carboxylic acids is 1. The minimum absolute atomic E-state index is 0.0285. The van der Waals surface area contributed by atoms with Crippen molar-refractivity contribution >= 4 is 11.9 Å². The van der Waals surface area contributed by atoms with E-state index >= 15 is 0 Å². The van der Waals surface area contributed by atoms with Crippen LogP contribution < -0.4 is 0 Å². The second kappa shape index (κ2) is 9.94. The smallest absolute Gasteiger partial charge is 0.335 e. The lowest BCUT2D eigenvalue weighted by atomic mass is 9.98. The van der Waals surface area contributed by atoms with Crippen molar-refractivity contribution in [2.75, 3.05) is 26.2 Å². The maximum atomic E-state index is 13.0. The molecule has 0 radical (unpaired) electrons. The Bertz CT molecular complexity index is 868. The van der Waals surface area contributed by atoms with E-state index in [2.05, 4.69) is 25.7 Å². The minimum Gasteiger partial charge on any atom is -0.478 e. The number of carbonyl (C=O) groups is 2. The van der Waals surface area contributed by atoms with Gasteiger partial charge in [-0.1, -0.05) is 32.9 Å². The number of hydrogen-bond acceptors (Lipinski definition) is 4. The molecule has 6 heteroatoms.